The second-order valence-electron chi connectivity index (χ2n) is 3.39. The van der Waals surface area contributed by atoms with Crippen molar-refractivity contribution in [2.75, 3.05) is 6.54 Å². The molecular formula is C10H14N2O2. The molecule has 2 heterocycles. The summed E-state index contributed by atoms with van der Waals surface area (Å²) in [5.41, 5.74) is 0.779. The topological polar surface area (TPSA) is 54.4 Å². The van der Waals surface area contributed by atoms with Gasteiger partial charge in [-0.1, -0.05) is 6.92 Å². The molecule has 0 radical (unpaired) electrons. The number of ether oxygens (including phenoxy) is 1. The Balaban J connectivity index is 2.27. The number of hydrogen-bond donors (Lipinski definition) is 2. The van der Waals surface area contributed by atoms with Crippen LogP contribution in [0, 0.1) is 0 Å². The summed E-state index contributed by atoms with van der Waals surface area (Å²) in [6, 6.07) is 3.32. The van der Waals surface area contributed by atoms with Crippen LogP contribution in [-0.2, 0) is 6.54 Å². The number of aromatic hydroxyl groups is 1. The van der Waals surface area contributed by atoms with Crippen LogP contribution in [0.1, 0.15) is 19.0 Å². The van der Waals surface area contributed by atoms with Gasteiger partial charge >= 0.3 is 0 Å². The van der Waals surface area contributed by atoms with Crippen LogP contribution in [0.4, 0.5) is 0 Å². The summed E-state index contributed by atoms with van der Waals surface area (Å²) in [7, 11) is 0. The van der Waals surface area contributed by atoms with Crippen LogP contribution < -0.4 is 10.1 Å². The lowest BCUT2D eigenvalue weighted by Gasteiger charge is -2.14. The monoisotopic (exact) mass is 194 g/mol. The van der Waals surface area contributed by atoms with Crippen molar-refractivity contribution in [1.82, 2.24) is 10.3 Å². The van der Waals surface area contributed by atoms with Crippen molar-refractivity contribution in [3.05, 3.63) is 17.8 Å². The first kappa shape index (κ1) is 9.27. The van der Waals surface area contributed by atoms with Gasteiger partial charge in [-0.05, 0) is 12.5 Å². The van der Waals surface area contributed by atoms with Gasteiger partial charge in [-0.3, -0.25) is 0 Å². The van der Waals surface area contributed by atoms with E-state index in [4.69, 9.17) is 4.74 Å². The van der Waals surface area contributed by atoms with Gasteiger partial charge in [-0.15, -0.1) is 0 Å². The highest BCUT2D eigenvalue weighted by Gasteiger charge is 2.16. The zero-order valence-electron chi connectivity index (χ0n) is 8.16. The average Bonchev–Trinajstić information content (AvgIpc) is 2.38. The Bertz CT molecular complexity index is 328. The molecule has 0 aromatic carbocycles. The lowest BCUT2D eigenvalue weighted by atomic mass is 10.3. The number of pyridine rings is 1. The Kier molecular flexibility index (Phi) is 2.54. The molecule has 1 unspecified atom stereocenters. The van der Waals surface area contributed by atoms with Crippen LogP contribution in [0.15, 0.2) is 12.1 Å². The Morgan fingerprint density at radius 3 is 3.29 bits per heavy atom. The summed E-state index contributed by atoms with van der Waals surface area (Å²) in [6.45, 7) is 3.57. The van der Waals surface area contributed by atoms with E-state index in [1.165, 1.54) is 0 Å². The van der Waals surface area contributed by atoms with Crippen molar-refractivity contribution in [2.24, 2.45) is 0 Å². The highest BCUT2D eigenvalue weighted by molar-refractivity contribution is 5.32. The largest absolute Gasteiger partial charge is 0.493 e. The SMILES string of the molecule is CCC1CNCc2nc(O)ccc2O1. The molecule has 1 aliphatic heterocycles. The van der Waals surface area contributed by atoms with Gasteiger partial charge in [0.05, 0.1) is 0 Å². The van der Waals surface area contributed by atoms with Crippen LogP contribution in [0.3, 0.4) is 0 Å². The molecule has 2 N–H and O–H groups in total. The molecule has 0 amide bonds. The van der Waals surface area contributed by atoms with Gasteiger partial charge in [0, 0.05) is 19.2 Å². The maximum absolute atomic E-state index is 9.21. The van der Waals surface area contributed by atoms with Crippen molar-refractivity contribution in [3.63, 3.8) is 0 Å². The first-order valence-electron chi connectivity index (χ1n) is 4.86. The summed E-state index contributed by atoms with van der Waals surface area (Å²) in [4.78, 5) is 4.01. The molecule has 76 valence electrons. The molecule has 4 heteroatoms. The van der Waals surface area contributed by atoms with Crippen molar-refractivity contribution in [1.29, 1.82) is 0 Å². The second-order valence-corrected chi connectivity index (χ2v) is 3.39. The highest BCUT2D eigenvalue weighted by atomic mass is 16.5. The third kappa shape index (κ3) is 1.80. The Hall–Kier alpha value is -1.29. The normalized spacial score (nSPS) is 20.8. The van der Waals surface area contributed by atoms with Gasteiger partial charge in [0.15, 0.2) is 0 Å². The van der Waals surface area contributed by atoms with Gasteiger partial charge in [0.1, 0.15) is 17.5 Å². The molecule has 1 atom stereocenters. The summed E-state index contributed by atoms with van der Waals surface area (Å²) >= 11 is 0. The summed E-state index contributed by atoms with van der Waals surface area (Å²) < 4.78 is 5.72. The van der Waals surface area contributed by atoms with Crippen molar-refractivity contribution < 1.29 is 9.84 Å². The number of nitrogens with zero attached hydrogens (tertiary/aromatic N) is 1. The molecule has 1 aliphatic rings. The van der Waals surface area contributed by atoms with Crippen LogP contribution in [0.5, 0.6) is 11.6 Å². The van der Waals surface area contributed by atoms with Gasteiger partial charge in [-0.2, -0.15) is 0 Å². The molecule has 4 nitrogen and oxygen atoms in total. The minimum absolute atomic E-state index is 0.0455. The van der Waals surface area contributed by atoms with Gasteiger partial charge in [0.25, 0.3) is 0 Å². The lowest BCUT2D eigenvalue weighted by molar-refractivity contribution is 0.201. The number of rotatable bonds is 1. The minimum atomic E-state index is 0.0455. The van der Waals surface area contributed by atoms with Crippen molar-refractivity contribution in [2.45, 2.75) is 26.0 Å². The first-order valence-corrected chi connectivity index (χ1v) is 4.86. The zero-order chi connectivity index (χ0) is 9.97. The third-order valence-electron chi connectivity index (χ3n) is 2.33. The zero-order valence-corrected chi connectivity index (χ0v) is 8.16. The van der Waals surface area contributed by atoms with E-state index in [0.29, 0.717) is 6.54 Å². The van der Waals surface area contributed by atoms with Gasteiger partial charge in [-0.25, -0.2) is 4.98 Å². The predicted molar refractivity (Wildman–Crippen MR) is 52.3 cm³/mol. The number of fused-ring (bicyclic) bond motifs is 1. The molecule has 0 spiro atoms. The van der Waals surface area contributed by atoms with Crippen LogP contribution in [0.25, 0.3) is 0 Å². The molecule has 0 bridgehead atoms. The predicted octanol–water partition coefficient (Wildman–Crippen LogP) is 1.05. The first-order chi connectivity index (χ1) is 6.79. The maximum atomic E-state index is 9.21. The van der Waals surface area contributed by atoms with Gasteiger partial charge < -0.3 is 15.2 Å². The van der Waals surface area contributed by atoms with E-state index in [0.717, 1.165) is 24.4 Å². The average molecular weight is 194 g/mol. The van der Waals surface area contributed by atoms with Crippen molar-refractivity contribution >= 4 is 0 Å². The fraction of sp³-hybridized carbons (Fsp3) is 0.500. The highest BCUT2D eigenvalue weighted by Crippen LogP contribution is 2.23. The van der Waals surface area contributed by atoms with E-state index in [-0.39, 0.29) is 12.0 Å². The quantitative estimate of drug-likeness (QED) is 0.701. The smallest absolute Gasteiger partial charge is 0.211 e. The van der Waals surface area contributed by atoms with Crippen LogP contribution in [0.2, 0.25) is 0 Å². The molecule has 14 heavy (non-hydrogen) atoms. The molecular weight excluding hydrogens is 180 g/mol. The second kappa shape index (κ2) is 3.84. The third-order valence-corrected chi connectivity index (χ3v) is 2.33. The van der Waals surface area contributed by atoms with Gasteiger partial charge in [0.2, 0.25) is 5.88 Å². The van der Waals surface area contributed by atoms with E-state index in [1.807, 2.05) is 0 Å². The van der Waals surface area contributed by atoms with E-state index >= 15 is 0 Å². The summed E-state index contributed by atoms with van der Waals surface area (Å²) in [5, 5.41) is 12.4. The van der Waals surface area contributed by atoms with Crippen LogP contribution >= 0.6 is 0 Å². The van der Waals surface area contributed by atoms with E-state index < -0.39 is 0 Å². The molecule has 0 fully saturated rings. The number of hydrogen-bond acceptors (Lipinski definition) is 4. The molecule has 0 saturated heterocycles. The molecule has 0 saturated carbocycles. The van der Waals surface area contributed by atoms with Crippen molar-refractivity contribution in [3.8, 4) is 11.6 Å². The molecule has 2 rings (SSSR count). The molecule has 1 aromatic rings. The fourth-order valence-corrected chi connectivity index (χ4v) is 1.51. The summed E-state index contributed by atoms with van der Waals surface area (Å²) in [5.74, 6) is 0.823. The van der Waals surface area contributed by atoms with E-state index in [9.17, 15) is 5.11 Å². The maximum Gasteiger partial charge on any atom is 0.211 e. The summed E-state index contributed by atoms with van der Waals surface area (Å²) in [6.07, 6.45) is 1.16. The molecule has 1 aromatic heterocycles. The standard InChI is InChI=1S/C10H14N2O2/c1-2-7-5-11-6-8-9(14-7)3-4-10(13)12-8/h3-4,7,11H,2,5-6H2,1H3,(H,12,13). The fourth-order valence-electron chi connectivity index (χ4n) is 1.51. The number of aromatic nitrogens is 1. The number of nitrogens with one attached hydrogen (secondary N) is 1. The minimum Gasteiger partial charge on any atom is -0.493 e. The van der Waals surface area contributed by atoms with Crippen LogP contribution in [-0.4, -0.2) is 22.7 Å². The van der Waals surface area contributed by atoms with E-state index in [2.05, 4.69) is 17.2 Å². The lowest BCUT2D eigenvalue weighted by Crippen LogP contribution is -2.27. The Labute approximate surface area is 82.9 Å². The Morgan fingerprint density at radius 1 is 1.64 bits per heavy atom. The Morgan fingerprint density at radius 2 is 2.50 bits per heavy atom. The van der Waals surface area contributed by atoms with E-state index in [1.54, 1.807) is 12.1 Å². The molecule has 0 aliphatic carbocycles.